The van der Waals surface area contributed by atoms with Crippen LogP contribution in [-0.2, 0) is 9.53 Å². The average Bonchev–Trinajstić information content (AvgIpc) is 2.74. The van der Waals surface area contributed by atoms with Crippen molar-refractivity contribution in [2.24, 2.45) is 0 Å². The third-order valence-corrected chi connectivity index (χ3v) is 3.20. The Balaban J connectivity index is 1.95. The lowest BCUT2D eigenvalue weighted by Gasteiger charge is -2.25. The molecule has 16 heavy (non-hydrogen) atoms. The lowest BCUT2D eigenvalue weighted by atomic mass is 9.99. The Kier molecular flexibility index (Phi) is 2.53. The summed E-state index contributed by atoms with van der Waals surface area (Å²) in [6, 6.07) is -0.423. The van der Waals surface area contributed by atoms with E-state index in [4.69, 9.17) is 9.84 Å². The summed E-state index contributed by atoms with van der Waals surface area (Å²) in [4.78, 5) is 22.7. The average molecular weight is 228 g/mol. The van der Waals surface area contributed by atoms with Gasteiger partial charge in [-0.25, -0.2) is 9.59 Å². The minimum absolute atomic E-state index is 0.0342. The molecule has 2 amide bonds. The standard InChI is InChI=1S/C10H16N2O4/c1-9(2-3-9)11-8(15)12-10(7(13)14)4-5-16-6-10/h2-6H2,1H3,(H,13,14)(H2,11,12,15). The van der Waals surface area contributed by atoms with E-state index in [1.807, 2.05) is 6.92 Å². The van der Waals surface area contributed by atoms with Crippen LogP contribution in [0, 0.1) is 0 Å². The number of amides is 2. The molecule has 1 saturated carbocycles. The van der Waals surface area contributed by atoms with Gasteiger partial charge in [0.1, 0.15) is 0 Å². The van der Waals surface area contributed by atoms with Gasteiger partial charge in [0.25, 0.3) is 0 Å². The number of carboxylic acids is 1. The molecule has 2 rings (SSSR count). The van der Waals surface area contributed by atoms with Crippen LogP contribution in [0.15, 0.2) is 0 Å². The zero-order valence-corrected chi connectivity index (χ0v) is 9.21. The fourth-order valence-corrected chi connectivity index (χ4v) is 1.72. The number of carbonyl (C=O) groups excluding carboxylic acids is 1. The first-order valence-corrected chi connectivity index (χ1v) is 5.37. The van der Waals surface area contributed by atoms with E-state index in [0.717, 1.165) is 12.8 Å². The summed E-state index contributed by atoms with van der Waals surface area (Å²) in [6.07, 6.45) is 2.19. The zero-order chi connectivity index (χ0) is 11.8. The fourth-order valence-electron chi connectivity index (χ4n) is 1.72. The van der Waals surface area contributed by atoms with Crippen molar-refractivity contribution in [2.45, 2.75) is 37.3 Å². The van der Waals surface area contributed by atoms with E-state index in [1.54, 1.807) is 0 Å². The lowest BCUT2D eigenvalue weighted by Crippen LogP contribution is -2.59. The van der Waals surface area contributed by atoms with Gasteiger partial charge in [0, 0.05) is 18.6 Å². The minimum atomic E-state index is -1.25. The first-order chi connectivity index (χ1) is 7.46. The zero-order valence-electron chi connectivity index (χ0n) is 9.21. The summed E-state index contributed by atoms with van der Waals surface area (Å²) < 4.78 is 5.05. The molecule has 1 atom stereocenters. The smallest absolute Gasteiger partial charge is 0.332 e. The number of ether oxygens (including phenoxy) is 1. The summed E-state index contributed by atoms with van der Waals surface area (Å²) in [5, 5.41) is 14.4. The van der Waals surface area contributed by atoms with E-state index in [1.165, 1.54) is 0 Å². The number of rotatable bonds is 3. The molecule has 1 aliphatic heterocycles. The molecule has 1 aliphatic carbocycles. The number of nitrogens with one attached hydrogen (secondary N) is 2. The van der Waals surface area contributed by atoms with Crippen LogP contribution >= 0.6 is 0 Å². The first-order valence-electron chi connectivity index (χ1n) is 5.37. The Morgan fingerprint density at radius 3 is 2.38 bits per heavy atom. The highest BCUT2D eigenvalue weighted by molar-refractivity contribution is 5.87. The van der Waals surface area contributed by atoms with Crippen LogP contribution in [0.2, 0.25) is 0 Å². The number of urea groups is 1. The van der Waals surface area contributed by atoms with Crippen LogP contribution in [0.5, 0.6) is 0 Å². The van der Waals surface area contributed by atoms with Crippen molar-refractivity contribution >= 4 is 12.0 Å². The summed E-state index contributed by atoms with van der Waals surface area (Å²) in [7, 11) is 0. The van der Waals surface area contributed by atoms with E-state index in [2.05, 4.69) is 10.6 Å². The quantitative estimate of drug-likeness (QED) is 0.638. The Hall–Kier alpha value is -1.30. The predicted octanol–water partition coefficient (Wildman–Crippen LogP) is 0.0818. The number of carbonyl (C=O) groups is 2. The highest BCUT2D eigenvalue weighted by Gasteiger charge is 2.46. The van der Waals surface area contributed by atoms with Crippen molar-refractivity contribution in [1.82, 2.24) is 10.6 Å². The molecule has 0 aromatic rings. The molecule has 1 unspecified atom stereocenters. The summed E-state index contributed by atoms with van der Waals surface area (Å²) in [6.45, 7) is 2.33. The van der Waals surface area contributed by atoms with Crippen LogP contribution in [0.1, 0.15) is 26.2 Å². The highest BCUT2D eigenvalue weighted by Crippen LogP contribution is 2.34. The Labute approximate surface area is 93.3 Å². The van der Waals surface area contributed by atoms with E-state index in [9.17, 15) is 9.59 Å². The van der Waals surface area contributed by atoms with Crippen molar-refractivity contribution in [2.75, 3.05) is 13.2 Å². The Morgan fingerprint density at radius 2 is 1.94 bits per heavy atom. The second-order valence-electron chi connectivity index (χ2n) is 4.83. The van der Waals surface area contributed by atoms with Gasteiger partial charge in [0.15, 0.2) is 5.54 Å². The predicted molar refractivity (Wildman–Crippen MR) is 55.1 cm³/mol. The van der Waals surface area contributed by atoms with Crippen LogP contribution < -0.4 is 10.6 Å². The van der Waals surface area contributed by atoms with E-state index in [-0.39, 0.29) is 12.1 Å². The van der Waals surface area contributed by atoms with E-state index >= 15 is 0 Å². The number of hydrogen-bond donors (Lipinski definition) is 3. The fraction of sp³-hybridized carbons (Fsp3) is 0.800. The van der Waals surface area contributed by atoms with Gasteiger partial charge in [-0.15, -0.1) is 0 Å². The third-order valence-electron chi connectivity index (χ3n) is 3.20. The molecule has 1 saturated heterocycles. The largest absolute Gasteiger partial charge is 0.479 e. The maximum atomic E-state index is 11.6. The van der Waals surface area contributed by atoms with Crippen LogP contribution in [-0.4, -0.2) is 41.4 Å². The van der Waals surface area contributed by atoms with E-state index in [0.29, 0.717) is 13.0 Å². The molecule has 0 aromatic carbocycles. The first kappa shape index (κ1) is 11.2. The topological polar surface area (TPSA) is 87.7 Å². The number of aliphatic carboxylic acids is 1. The van der Waals surface area contributed by atoms with Gasteiger partial charge >= 0.3 is 12.0 Å². The van der Waals surface area contributed by atoms with Gasteiger partial charge in [0.2, 0.25) is 0 Å². The molecule has 6 nitrogen and oxygen atoms in total. The molecule has 2 fully saturated rings. The van der Waals surface area contributed by atoms with Crippen molar-refractivity contribution < 1.29 is 19.4 Å². The Bertz CT molecular complexity index is 319. The highest BCUT2D eigenvalue weighted by atomic mass is 16.5. The molecule has 3 N–H and O–H groups in total. The monoisotopic (exact) mass is 228 g/mol. The molecule has 6 heteroatoms. The molecule has 0 aromatic heterocycles. The molecule has 1 heterocycles. The van der Waals surface area contributed by atoms with Crippen molar-refractivity contribution in [3.05, 3.63) is 0 Å². The molecule has 0 bridgehead atoms. The molecule has 0 spiro atoms. The molecular formula is C10H16N2O4. The Morgan fingerprint density at radius 1 is 1.25 bits per heavy atom. The molecule has 0 radical (unpaired) electrons. The minimum Gasteiger partial charge on any atom is -0.479 e. The molecule has 2 aliphatic rings. The van der Waals surface area contributed by atoms with Crippen molar-refractivity contribution in [3.63, 3.8) is 0 Å². The third kappa shape index (κ3) is 2.11. The number of carboxylic acid groups (broad SMARTS) is 1. The van der Waals surface area contributed by atoms with Crippen LogP contribution in [0.25, 0.3) is 0 Å². The van der Waals surface area contributed by atoms with Gasteiger partial charge < -0.3 is 20.5 Å². The van der Waals surface area contributed by atoms with Gasteiger partial charge in [-0.2, -0.15) is 0 Å². The molecular weight excluding hydrogens is 212 g/mol. The maximum Gasteiger partial charge on any atom is 0.332 e. The van der Waals surface area contributed by atoms with Gasteiger partial charge in [-0.1, -0.05) is 0 Å². The van der Waals surface area contributed by atoms with Gasteiger partial charge in [-0.05, 0) is 19.8 Å². The van der Waals surface area contributed by atoms with Crippen molar-refractivity contribution in [1.29, 1.82) is 0 Å². The SMILES string of the molecule is CC1(NC(=O)NC2(C(=O)O)CCOC2)CC1. The maximum absolute atomic E-state index is 11.6. The summed E-state index contributed by atoms with van der Waals surface area (Å²) in [5.41, 5.74) is -1.40. The van der Waals surface area contributed by atoms with Crippen molar-refractivity contribution in [3.8, 4) is 0 Å². The second kappa shape index (κ2) is 3.62. The summed E-state index contributed by atoms with van der Waals surface area (Å²) in [5.74, 6) is -1.04. The summed E-state index contributed by atoms with van der Waals surface area (Å²) >= 11 is 0. The molecule has 90 valence electrons. The van der Waals surface area contributed by atoms with E-state index < -0.39 is 17.5 Å². The lowest BCUT2D eigenvalue weighted by molar-refractivity contribution is -0.144. The van der Waals surface area contributed by atoms with Gasteiger partial charge in [-0.3, -0.25) is 0 Å². The normalized spacial score (nSPS) is 30.8. The second-order valence-corrected chi connectivity index (χ2v) is 4.83. The van der Waals surface area contributed by atoms with Gasteiger partial charge in [0.05, 0.1) is 6.61 Å². The van der Waals surface area contributed by atoms with Crippen LogP contribution in [0.4, 0.5) is 4.79 Å². The number of hydrogen-bond acceptors (Lipinski definition) is 3. The van der Waals surface area contributed by atoms with Crippen LogP contribution in [0.3, 0.4) is 0 Å².